The lowest BCUT2D eigenvalue weighted by atomic mass is 9.94. The van der Waals surface area contributed by atoms with Crippen molar-refractivity contribution in [1.82, 2.24) is 41.9 Å². The molecule has 0 bridgehead atoms. The van der Waals surface area contributed by atoms with Crippen molar-refractivity contribution in [2.75, 3.05) is 6.61 Å². The number of aliphatic hydroxyl groups excluding tert-OH is 3. The molecular formula is C33H55N9O13. The number of H-pyrrole nitrogens is 1. The van der Waals surface area contributed by atoms with Gasteiger partial charge in [0.25, 0.3) is 0 Å². The fourth-order valence-electron chi connectivity index (χ4n) is 5.02. The summed E-state index contributed by atoms with van der Waals surface area (Å²) in [5.41, 5.74) is 5.90. The number of hydrogen-bond acceptors (Lipinski definition) is 13. The van der Waals surface area contributed by atoms with Crippen molar-refractivity contribution < 1.29 is 63.9 Å². The van der Waals surface area contributed by atoms with Crippen LogP contribution < -0.4 is 37.6 Å². The lowest BCUT2D eigenvalue weighted by Gasteiger charge is -2.31. The molecule has 0 radical (unpaired) electrons. The second-order valence-corrected chi connectivity index (χ2v) is 13.3. The SMILES string of the molecule is CC[C@H](C)[C@H](NC(=O)[C@H](Cc1cnc[nH]1)NC(=O)[C@@H](NC(=O)[C@@H](N)CO)[C@@H](C)O)C(=O)N[C@H](C(=O)N[C@@H](CC(=O)O)C(=O)N[C@H](C(=O)O)[C@@H](C)O)[C@@H](C)CC. The van der Waals surface area contributed by atoms with Crippen LogP contribution in [0.3, 0.4) is 0 Å². The summed E-state index contributed by atoms with van der Waals surface area (Å²) in [5.74, 6) is -10.3. The molecule has 1 rings (SSSR count). The highest BCUT2D eigenvalue weighted by Gasteiger charge is 2.38. The van der Waals surface area contributed by atoms with Crippen LogP contribution >= 0.6 is 0 Å². The zero-order chi connectivity index (χ0) is 42.2. The minimum Gasteiger partial charge on any atom is -0.481 e. The molecule has 22 nitrogen and oxygen atoms in total. The Kier molecular flexibility index (Phi) is 19.9. The summed E-state index contributed by atoms with van der Waals surface area (Å²) in [5, 5.41) is 62.0. The molecule has 0 aliphatic carbocycles. The molecule has 22 heteroatoms. The van der Waals surface area contributed by atoms with Crippen LogP contribution in [0.5, 0.6) is 0 Å². The van der Waals surface area contributed by atoms with Gasteiger partial charge >= 0.3 is 11.9 Å². The molecule has 0 saturated heterocycles. The van der Waals surface area contributed by atoms with E-state index in [1.165, 1.54) is 19.4 Å². The Morgan fingerprint density at radius 3 is 1.55 bits per heavy atom. The molecule has 1 aromatic heterocycles. The number of carbonyl (C=O) groups is 8. The lowest BCUT2D eigenvalue weighted by molar-refractivity contribution is -0.146. The van der Waals surface area contributed by atoms with Gasteiger partial charge < -0.3 is 68.2 Å². The number of carboxylic acid groups (broad SMARTS) is 2. The zero-order valence-electron chi connectivity index (χ0n) is 31.6. The summed E-state index contributed by atoms with van der Waals surface area (Å²) in [6, 6.07) is -10.8. The molecule has 0 fully saturated rings. The number of carbonyl (C=O) groups excluding carboxylic acids is 6. The number of nitrogens with two attached hydrogens (primary N) is 1. The first-order valence-corrected chi connectivity index (χ1v) is 17.6. The highest BCUT2D eigenvalue weighted by atomic mass is 16.4. The van der Waals surface area contributed by atoms with Gasteiger partial charge in [-0.05, 0) is 25.7 Å². The fraction of sp³-hybridized carbons (Fsp3) is 0.667. The van der Waals surface area contributed by atoms with E-state index in [2.05, 4.69) is 36.6 Å². The van der Waals surface area contributed by atoms with Crippen molar-refractivity contribution in [2.45, 2.75) is 122 Å². The Balaban J connectivity index is 3.40. The van der Waals surface area contributed by atoms with Gasteiger partial charge in [0.05, 0.1) is 31.6 Å². The van der Waals surface area contributed by atoms with Gasteiger partial charge in [-0.25, -0.2) is 9.78 Å². The van der Waals surface area contributed by atoms with Crippen LogP contribution in [0, 0.1) is 11.8 Å². The Bertz CT molecular complexity index is 1470. The highest BCUT2D eigenvalue weighted by molar-refractivity contribution is 5.98. The maximum atomic E-state index is 13.9. The van der Waals surface area contributed by atoms with Gasteiger partial charge in [-0.1, -0.05) is 40.5 Å². The van der Waals surface area contributed by atoms with Gasteiger partial charge in [-0.3, -0.25) is 33.6 Å². The van der Waals surface area contributed by atoms with Crippen molar-refractivity contribution in [3.63, 3.8) is 0 Å². The monoisotopic (exact) mass is 785 g/mol. The molecule has 310 valence electrons. The maximum absolute atomic E-state index is 13.9. The minimum atomic E-state index is -1.83. The van der Waals surface area contributed by atoms with Crippen molar-refractivity contribution in [1.29, 1.82) is 0 Å². The van der Waals surface area contributed by atoms with E-state index >= 15 is 0 Å². The van der Waals surface area contributed by atoms with E-state index in [-0.39, 0.29) is 6.42 Å². The summed E-state index contributed by atoms with van der Waals surface area (Å²) in [7, 11) is 0. The minimum absolute atomic E-state index is 0.203. The van der Waals surface area contributed by atoms with Crippen LogP contribution in [0.15, 0.2) is 12.5 Å². The van der Waals surface area contributed by atoms with E-state index in [1.54, 1.807) is 27.7 Å². The Labute approximate surface area is 317 Å². The summed E-state index contributed by atoms with van der Waals surface area (Å²) >= 11 is 0. The molecule has 1 aromatic rings. The molecule has 0 aliphatic rings. The molecule has 11 atom stereocenters. The van der Waals surface area contributed by atoms with Gasteiger partial charge in [0.2, 0.25) is 35.4 Å². The van der Waals surface area contributed by atoms with Gasteiger partial charge in [0.15, 0.2) is 6.04 Å². The maximum Gasteiger partial charge on any atom is 0.328 e. The van der Waals surface area contributed by atoms with Crippen LogP contribution in [0.4, 0.5) is 0 Å². The van der Waals surface area contributed by atoms with Crippen molar-refractivity contribution in [3.05, 3.63) is 18.2 Å². The normalized spacial score (nSPS) is 17.2. The van der Waals surface area contributed by atoms with Crippen LogP contribution in [0.2, 0.25) is 0 Å². The molecular weight excluding hydrogens is 730 g/mol. The number of carboxylic acids is 2. The van der Waals surface area contributed by atoms with E-state index in [0.29, 0.717) is 18.5 Å². The molecule has 0 aromatic carbocycles. The second kappa shape index (κ2) is 22.9. The van der Waals surface area contributed by atoms with E-state index in [9.17, 15) is 63.9 Å². The molecule has 55 heavy (non-hydrogen) atoms. The summed E-state index contributed by atoms with van der Waals surface area (Å²) in [6.07, 6.45) is -0.929. The summed E-state index contributed by atoms with van der Waals surface area (Å²) in [4.78, 5) is 110. The Morgan fingerprint density at radius 1 is 0.673 bits per heavy atom. The summed E-state index contributed by atoms with van der Waals surface area (Å²) < 4.78 is 0. The highest BCUT2D eigenvalue weighted by Crippen LogP contribution is 2.14. The standard InChI is InChI=1S/C33H55N9O13/c1-7-14(3)23(30(51)38-21(10-22(46)47)29(50)42-26(17(6)45)33(54)55)40-31(52)24(15(4)8-2)39-28(49)20(9-18-11-35-13-36-18)37-32(53)25(16(5)44)41-27(48)19(34)12-43/h11,13-17,19-21,23-26,43-45H,7-10,12,34H2,1-6H3,(H,35,36)(H,37,53)(H,38,51)(H,39,49)(H,40,52)(H,41,48)(H,42,50)(H,46,47)(H,54,55)/t14-,15-,16+,17+,19-,20-,21-,23-,24-,25-,26-/m0/s1. The van der Waals surface area contributed by atoms with Gasteiger partial charge in [0, 0.05) is 18.3 Å². The molecule has 1 heterocycles. The number of imidazole rings is 1. The first kappa shape index (κ1) is 47.8. The predicted molar refractivity (Wildman–Crippen MR) is 191 cm³/mol. The fourth-order valence-corrected chi connectivity index (χ4v) is 5.02. The summed E-state index contributed by atoms with van der Waals surface area (Å²) in [6.45, 7) is 8.16. The molecule has 0 aliphatic heterocycles. The average Bonchev–Trinajstić information content (AvgIpc) is 3.64. The van der Waals surface area contributed by atoms with Crippen molar-refractivity contribution in [2.24, 2.45) is 17.6 Å². The van der Waals surface area contributed by atoms with E-state index in [0.717, 1.165) is 6.92 Å². The number of amides is 6. The number of aromatic amines is 1. The molecule has 6 amide bonds. The molecule has 0 saturated carbocycles. The van der Waals surface area contributed by atoms with Gasteiger partial charge in [-0.2, -0.15) is 0 Å². The van der Waals surface area contributed by atoms with Gasteiger partial charge in [0.1, 0.15) is 36.3 Å². The van der Waals surface area contributed by atoms with Crippen molar-refractivity contribution >= 4 is 47.4 Å². The van der Waals surface area contributed by atoms with Crippen molar-refractivity contribution in [3.8, 4) is 0 Å². The van der Waals surface area contributed by atoms with Gasteiger partial charge in [-0.15, -0.1) is 0 Å². The number of hydrogen-bond donors (Lipinski definition) is 13. The lowest BCUT2D eigenvalue weighted by Crippen LogP contribution is -2.63. The average molecular weight is 786 g/mol. The third kappa shape index (κ3) is 15.2. The number of nitrogens with one attached hydrogen (secondary N) is 7. The molecule has 14 N–H and O–H groups in total. The third-order valence-electron chi connectivity index (χ3n) is 8.85. The Hall–Kier alpha value is -5.19. The smallest absolute Gasteiger partial charge is 0.328 e. The predicted octanol–water partition coefficient (Wildman–Crippen LogP) is -4.41. The van der Waals surface area contributed by atoms with E-state index in [4.69, 9.17) is 5.73 Å². The second-order valence-electron chi connectivity index (χ2n) is 13.3. The van der Waals surface area contributed by atoms with Crippen LogP contribution in [-0.4, -0.2) is 144 Å². The van der Waals surface area contributed by atoms with Crippen LogP contribution in [0.25, 0.3) is 0 Å². The topological polar surface area (TPSA) is 365 Å². The number of rotatable bonds is 24. The third-order valence-corrected chi connectivity index (χ3v) is 8.85. The first-order valence-electron chi connectivity index (χ1n) is 17.6. The Morgan fingerprint density at radius 2 is 1.11 bits per heavy atom. The number of nitrogens with zero attached hydrogens (tertiary/aromatic N) is 1. The van der Waals surface area contributed by atoms with E-state index in [1.807, 2.05) is 5.32 Å². The number of aliphatic hydroxyl groups is 3. The largest absolute Gasteiger partial charge is 0.481 e. The molecule has 0 spiro atoms. The molecule has 0 unspecified atom stereocenters. The van der Waals surface area contributed by atoms with Crippen LogP contribution in [0.1, 0.15) is 66.5 Å². The van der Waals surface area contributed by atoms with Crippen LogP contribution in [-0.2, 0) is 44.8 Å². The number of aliphatic carboxylic acids is 2. The first-order chi connectivity index (χ1) is 25.7. The van der Waals surface area contributed by atoms with E-state index < -0.39 is 127 Å². The number of aromatic nitrogens is 2. The quantitative estimate of drug-likeness (QED) is 0.0471. The zero-order valence-corrected chi connectivity index (χ0v) is 31.6.